The highest BCUT2D eigenvalue weighted by Crippen LogP contribution is 2.15. The molecular formula is C60H104O6. The van der Waals surface area contributed by atoms with Crippen LogP contribution in [-0.2, 0) is 28.6 Å². The van der Waals surface area contributed by atoms with Gasteiger partial charge in [0.25, 0.3) is 0 Å². The summed E-state index contributed by atoms with van der Waals surface area (Å²) in [7, 11) is 0. The fraction of sp³-hybridized carbons (Fsp3) is 0.750. The first-order chi connectivity index (χ1) is 32.5. The Morgan fingerprint density at radius 2 is 0.591 bits per heavy atom. The summed E-state index contributed by atoms with van der Waals surface area (Å²) in [6.07, 6.45) is 68.8. The van der Waals surface area contributed by atoms with E-state index in [1.807, 2.05) is 0 Å². The van der Waals surface area contributed by atoms with E-state index in [9.17, 15) is 14.4 Å². The number of esters is 3. The molecule has 0 aromatic carbocycles. The molecule has 0 saturated heterocycles. The molecular weight excluding hydrogens is 817 g/mol. The molecule has 66 heavy (non-hydrogen) atoms. The summed E-state index contributed by atoms with van der Waals surface area (Å²) in [5.74, 6) is -0.922. The van der Waals surface area contributed by atoms with Gasteiger partial charge in [-0.1, -0.05) is 235 Å². The minimum absolute atomic E-state index is 0.0873. The minimum atomic E-state index is -0.791. The number of allylic oxidation sites excluding steroid dienone is 12. The van der Waals surface area contributed by atoms with Crippen LogP contribution in [0.25, 0.3) is 0 Å². The van der Waals surface area contributed by atoms with Crippen LogP contribution in [0.2, 0.25) is 0 Å². The lowest BCUT2D eigenvalue weighted by atomic mass is 10.0. The van der Waals surface area contributed by atoms with Gasteiger partial charge in [-0.3, -0.25) is 14.4 Å². The third kappa shape index (κ3) is 51.8. The average molecular weight is 921 g/mol. The second-order valence-electron chi connectivity index (χ2n) is 18.5. The lowest BCUT2D eigenvalue weighted by Crippen LogP contribution is -2.30. The Labute approximate surface area is 408 Å². The van der Waals surface area contributed by atoms with Crippen molar-refractivity contribution in [3.8, 4) is 0 Å². The molecule has 0 spiro atoms. The topological polar surface area (TPSA) is 78.9 Å². The number of hydrogen-bond donors (Lipinski definition) is 0. The molecule has 0 rings (SSSR count). The van der Waals surface area contributed by atoms with Gasteiger partial charge in [-0.15, -0.1) is 0 Å². The first-order valence-electron chi connectivity index (χ1n) is 27.9. The van der Waals surface area contributed by atoms with Crippen LogP contribution in [0, 0.1) is 0 Å². The summed E-state index contributed by atoms with van der Waals surface area (Å²) in [6.45, 7) is 6.50. The number of carbonyl (C=O) groups excluding carboxylic acids is 3. The van der Waals surface area contributed by atoms with Crippen molar-refractivity contribution in [3.63, 3.8) is 0 Å². The molecule has 0 aromatic rings. The molecule has 380 valence electrons. The Bertz CT molecular complexity index is 1240. The van der Waals surface area contributed by atoms with Gasteiger partial charge >= 0.3 is 17.9 Å². The standard InChI is InChI=1S/C60H104O6/c1-4-7-10-13-16-19-22-25-27-29-30-31-33-35-38-41-44-47-50-53-59(62)65-56-57(55-64-58(61)52-49-46-43-40-37-34-24-21-18-15-12-9-6-3)66-60(63)54-51-48-45-42-39-36-32-28-26-23-20-17-14-11-8-5-2/h7,10,16,19,25,27-28,30-32,35,38,57H,4-6,8-9,11-15,17-18,20-24,26,29,33-34,36-37,39-56H2,1-3H3/b10-7-,19-16-,27-25-,31-30-,32-28-,38-35-/t57-/m1/s1. The predicted molar refractivity (Wildman–Crippen MR) is 284 cm³/mol. The number of carbonyl (C=O) groups is 3. The maximum absolute atomic E-state index is 12.8. The molecule has 0 unspecified atom stereocenters. The van der Waals surface area contributed by atoms with Gasteiger partial charge in [-0.25, -0.2) is 0 Å². The van der Waals surface area contributed by atoms with E-state index in [0.29, 0.717) is 19.3 Å². The Hall–Kier alpha value is -3.15. The monoisotopic (exact) mass is 921 g/mol. The summed E-state index contributed by atoms with van der Waals surface area (Å²) in [4.78, 5) is 38.1. The van der Waals surface area contributed by atoms with Gasteiger partial charge in [0.2, 0.25) is 0 Å². The van der Waals surface area contributed by atoms with Crippen molar-refractivity contribution >= 4 is 17.9 Å². The lowest BCUT2D eigenvalue weighted by molar-refractivity contribution is -0.167. The Balaban J connectivity index is 4.44. The third-order valence-corrected chi connectivity index (χ3v) is 11.9. The maximum Gasteiger partial charge on any atom is 0.306 e. The summed E-state index contributed by atoms with van der Waals surface area (Å²) < 4.78 is 16.8. The Kier molecular flexibility index (Phi) is 51.9. The summed E-state index contributed by atoms with van der Waals surface area (Å²) in [6, 6.07) is 0. The van der Waals surface area contributed by atoms with Crippen molar-refractivity contribution in [3.05, 3.63) is 72.9 Å². The third-order valence-electron chi connectivity index (χ3n) is 11.9. The maximum atomic E-state index is 12.8. The van der Waals surface area contributed by atoms with Gasteiger partial charge in [0.05, 0.1) is 0 Å². The second-order valence-corrected chi connectivity index (χ2v) is 18.5. The summed E-state index contributed by atoms with van der Waals surface area (Å²) >= 11 is 0. The van der Waals surface area contributed by atoms with Crippen LogP contribution in [0.15, 0.2) is 72.9 Å². The molecule has 1 atom stereocenters. The van der Waals surface area contributed by atoms with Crippen molar-refractivity contribution in [2.45, 2.75) is 277 Å². The van der Waals surface area contributed by atoms with Crippen LogP contribution in [0.5, 0.6) is 0 Å². The molecule has 0 fully saturated rings. The van der Waals surface area contributed by atoms with Crippen LogP contribution in [0.1, 0.15) is 271 Å². The van der Waals surface area contributed by atoms with E-state index in [2.05, 4.69) is 93.7 Å². The molecule has 0 bridgehead atoms. The van der Waals surface area contributed by atoms with E-state index in [1.165, 1.54) is 122 Å². The first-order valence-corrected chi connectivity index (χ1v) is 27.9. The van der Waals surface area contributed by atoms with E-state index < -0.39 is 6.10 Å². The van der Waals surface area contributed by atoms with Crippen LogP contribution < -0.4 is 0 Å². The normalized spacial score (nSPS) is 12.6. The van der Waals surface area contributed by atoms with Crippen molar-refractivity contribution < 1.29 is 28.6 Å². The van der Waals surface area contributed by atoms with E-state index in [4.69, 9.17) is 14.2 Å². The quantitative estimate of drug-likeness (QED) is 0.0262. The van der Waals surface area contributed by atoms with Gasteiger partial charge in [-0.05, 0) is 89.9 Å². The van der Waals surface area contributed by atoms with Crippen LogP contribution in [-0.4, -0.2) is 37.2 Å². The fourth-order valence-corrected chi connectivity index (χ4v) is 7.76. The highest BCUT2D eigenvalue weighted by molar-refractivity contribution is 5.71. The molecule has 0 amide bonds. The van der Waals surface area contributed by atoms with Crippen molar-refractivity contribution in [2.24, 2.45) is 0 Å². The zero-order chi connectivity index (χ0) is 47.9. The fourth-order valence-electron chi connectivity index (χ4n) is 7.76. The number of ether oxygens (including phenoxy) is 3. The molecule has 0 heterocycles. The SMILES string of the molecule is CC/C=C\C/C=C\C/C=C\C/C=C\C/C=C\CCCCCC(=O)OC[C@@H](COC(=O)CCCCCCCCCCCCCCC)OC(=O)CCCCCCC/C=C\CCCCCCCCC. The largest absolute Gasteiger partial charge is 0.462 e. The second kappa shape index (κ2) is 54.5. The number of rotatable bonds is 50. The molecule has 6 heteroatoms. The number of unbranched alkanes of at least 4 members (excludes halogenated alkanes) is 27. The predicted octanol–water partition coefficient (Wildman–Crippen LogP) is 18.6. The summed E-state index contributed by atoms with van der Waals surface area (Å²) in [5, 5.41) is 0. The lowest BCUT2D eigenvalue weighted by Gasteiger charge is -2.18. The van der Waals surface area contributed by atoms with Crippen LogP contribution >= 0.6 is 0 Å². The van der Waals surface area contributed by atoms with Gasteiger partial charge in [0.1, 0.15) is 13.2 Å². The van der Waals surface area contributed by atoms with Crippen molar-refractivity contribution in [1.29, 1.82) is 0 Å². The highest BCUT2D eigenvalue weighted by atomic mass is 16.6. The van der Waals surface area contributed by atoms with Gasteiger partial charge in [0.15, 0.2) is 6.10 Å². The highest BCUT2D eigenvalue weighted by Gasteiger charge is 2.19. The first kappa shape index (κ1) is 62.8. The molecule has 0 radical (unpaired) electrons. The van der Waals surface area contributed by atoms with Crippen molar-refractivity contribution in [2.75, 3.05) is 13.2 Å². The molecule has 0 saturated carbocycles. The van der Waals surface area contributed by atoms with E-state index in [0.717, 1.165) is 109 Å². The molecule has 0 N–H and O–H groups in total. The zero-order valence-corrected chi connectivity index (χ0v) is 43.4. The zero-order valence-electron chi connectivity index (χ0n) is 43.4. The smallest absolute Gasteiger partial charge is 0.306 e. The van der Waals surface area contributed by atoms with Crippen LogP contribution in [0.4, 0.5) is 0 Å². The molecule has 0 aromatic heterocycles. The molecule has 0 aliphatic heterocycles. The average Bonchev–Trinajstić information content (AvgIpc) is 3.31. The molecule has 6 nitrogen and oxygen atoms in total. The molecule has 0 aliphatic carbocycles. The van der Waals surface area contributed by atoms with Crippen molar-refractivity contribution in [1.82, 2.24) is 0 Å². The van der Waals surface area contributed by atoms with Gasteiger partial charge in [-0.2, -0.15) is 0 Å². The van der Waals surface area contributed by atoms with E-state index in [1.54, 1.807) is 0 Å². The van der Waals surface area contributed by atoms with E-state index >= 15 is 0 Å². The molecule has 0 aliphatic rings. The van der Waals surface area contributed by atoms with E-state index in [-0.39, 0.29) is 31.1 Å². The minimum Gasteiger partial charge on any atom is -0.462 e. The summed E-state index contributed by atoms with van der Waals surface area (Å²) in [5.41, 5.74) is 0. The van der Waals surface area contributed by atoms with Gasteiger partial charge in [0, 0.05) is 19.3 Å². The Morgan fingerprint density at radius 3 is 0.955 bits per heavy atom. The van der Waals surface area contributed by atoms with Crippen LogP contribution in [0.3, 0.4) is 0 Å². The van der Waals surface area contributed by atoms with Gasteiger partial charge < -0.3 is 14.2 Å². The number of hydrogen-bond acceptors (Lipinski definition) is 6. The Morgan fingerprint density at radius 1 is 0.318 bits per heavy atom.